The van der Waals surface area contributed by atoms with Gasteiger partial charge in [-0.2, -0.15) is 0 Å². The summed E-state index contributed by atoms with van der Waals surface area (Å²) in [5, 5.41) is 10.5. The van der Waals surface area contributed by atoms with Gasteiger partial charge in [-0.3, -0.25) is 0 Å². The van der Waals surface area contributed by atoms with Crippen molar-refractivity contribution in [3.8, 4) is 11.5 Å². The normalized spacial score (nSPS) is 12.3. The summed E-state index contributed by atoms with van der Waals surface area (Å²) in [5.41, 5.74) is 1.07. The van der Waals surface area contributed by atoms with Gasteiger partial charge in [-0.15, -0.1) is 11.3 Å². The van der Waals surface area contributed by atoms with E-state index in [-0.39, 0.29) is 0 Å². The highest BCUT2D eigenvalue weighted by Crippen LogP contribution is 2.42. The van der Waals surface area contributed by atoms with Gasteiger partial charge in [0.15, 0.2) is 0 Å². The summed E-state index contributed by atoms with van der Waals surface area (Å²) in [6.07, 6.45) is -0.956. The molecule has 0 saturated heterocycles. The van der Waals surface area contributed by atoms with E-state index in [1.807, 2.05) is 0 Å². The van der Waals surface area contributed by atoms with E-state index in [1.54, 1.807) is 24.3 Å². The van der Waals surface area contributed by atoms with Crippen LogP contribution in [0.1, 0.15) is 17.2 Å². The molecule has 0 fully saturated rings. The highest BCUT2D eigenvalue weighted by molar-refractivity contribution is 7.20. The van der Waals surface area contributed by atoms with Gasteiger partial charge in [-0.05, 0) is 18.2 Å². The van der Waals surface area contributed by atoms with Crippen LogP contribution in [0, 0.1) is 0 Å². The first-order valence-electron chi connectivity index (χ1n) is 5.42. The topological polar surface area (TPSA) is 38.7 Å². The van der Waals surface area contributed by atoms with Gasteiger partial charge in [0, 0.05) is 5.56 Å². The fraction of sp³-hybridized carbons (Fsp3) is 0.231. The molecule has 0 aliphatic carbocycles. The molecule has 1 aromatic carbocycles. The summed E-state index contributed by atoms with van der Waals surface area (Å²) in [6, 6.07) is 6.94. The minimum Gasteiger partial charge on any atom is -0.496 e. The Labute approximate surface area is 125 Å². The molecule has 19 heavy (non-hydrogen) atoms. The molecule has 2 aromatic rings. The zero-order valence-corrected chi connectivity index (χ0v) is 12.6. The van der Waals surface area contributed by atoms with Crippen LogP contribution < -0.4 is 9.47 Å². The lowest BCUT2D eigenvalue weighted by atomic mass is 10.0. The molecule has 0 bridgehead atoms. The van der Waals surface area contributed by atoms with E-state index in [0.717, 1.165) is 0 Å². The van der Waals surface area contributed by atoms with Crippen molar-refractivity contribution in [2.75, 3.05) is 14.2 Å². The molecular weight excluding hydrogens is 307 g/mol. The third-order valence-corrected chi connectivity index (χ3v) is 4.24. The van der Waals surface area contributed by atoms with Crippen molar-refractivity contribution in [2.45, 2.75) is 6.10 Å². The lowest BCUT2D eigenvalue weighted by Gasteiger charge is -2.17. The maximum Gasteiger partial charge on any atom is 0.128 e. The summed E-state index contributed by atoms with van der Waals surface area (Å²) in [4.78, 5) is 0. The van der Waals surface area contributed by atoms with Gasteiger partial charge in [-0.1, -0.05) is 29.3 Å². The van der Waals surface area contributed by atoms with Crippen LogP contribution in [0.15, 0.2) is 24.3 Å². The van der Waals surface area contributed by atoms with Crippen molar-refractivity contribution >= 4 is 34.5 Å². The molecule has 0 radical (unpaired) electrons. The second kappa shape index (κ2) is 6.01. The number of halogens is 2. The van der Waals surface area contributed by atoms with E-state index in [4.69, 9.17) is 32.7 Å². The average Bonchev–Trinajstić information content (AvgIpc) is 2.75. The van der Waals surface area contributed by atoms with Gasteiger partial charge in [0.05, 0.1) is 24.1 Å². The van der Waals surface area contributed by atoms with Gasteiger partial charge in [0.1, 0.15) is 21.9 Å². The van der Waals surface area contributed by atoms with Gasteiger partial charge >= 0.3 is 0 Å². The minimum atomic E-state index is -0.956. The number of hydrogen-bond acceptors (Lipinski definition) is 4. The fourth-order valence-electron chi connectivity index (χ4n) is 1.84. The van der Waals surface area contributed by atoms with Crippen LogP contribution in [-0.4, -0.2) is 19.3 Å². The van der Waals surface area contributed by atoms with Crippen molar-refractivity contribution in [1.29, 1.82) is 0 Å². The summed E-state index contributed by atoms with van der Waals surface area (Å²) in [7, 11) is 3.07. The molecule has 1 aromatic heterocycles. The molecule has 1 heterocycles. The van der Waals surface area contributed by atoms with Gasteiger partial charge in [0.2, 0.25) is 0 Å². The van der Waals surface area contributed by atoms with Gasteiger partial charge < -0.3 is 14.6 Å². The highest BCUT2D eigenvalue weighted by Gasteiger charge is 2.24. The summed E-state index contributed by atoms with van der Waals surface area (Å²) < 4.78 is 11.5. The lowest BCUT2D eigenvalue weighted by Crippen LogP contribution is -2.04. The zero-order valence-electron chi connectivity index (χ0n) is 10.3. The van der Waals surface area contributed by atoms with Gasteiger partial charge in [-0.25, -0.2) is 0 Å². The first-order valence-corrected chi connectivity index (χ1v) is 6.99. The monoisotopic (exact) mass is 318 g/mol. The second-order valence-electron chi connectivity index (χ2n) is 3.76. The average molecular weight is 319 g/mol. The predicted molar refractivity (Wildman–Crippen MR) is 77.9 cm³/mol. The maximum atomic E-state index is 10.5. The Balaban J connectivity index is 2.54. The van der Waals surface area contributed by atoms with Crippen LogP contribution in [0.3, 0.4) is 0 Å². The van der Waals surface area contributed by atoms with Crippen molar-refractivity contribution in [3.63, 3.8) is 0 Å². The Morgan fingerprint density at radius 1 is 1.16 bits per heavy atom. The van der Waals surface area contributed by atoms with Crippen LogP contribution in [-0.2, 0) is 0 Å². The number of aliphatic hydroxyl groups excluding tert-OH is 1. The molecular formula is C13H12Cl2O3S. The number of thiophene rings is 1. The zero-order chi connectivity index (χ0) is 14.0. The highest BCUT2D eigenvalue weighted by atomic mass is 35.5. The van der Waals surface area contributed by atoms with E-state index in [9.17, 15) is 5.11 Å². The number of rotatable bonds is 4. The van der Waals surface area contributed by atoms with Crippen molar-refractivity contribution in [3.05, 3.63) is 44.1 Å². The molecule has 0 aliphatic heterocycles. The molecule has 0 aliphatic rings. The van der Waals surface area contributed by atoms with E-state index >= 15 is 0 Å². The molecule has 102 valence electrons. The molecule has 6 heteroatoms. The van der Waals surface area contributed by atoms with Crippen molar-refractivity contribution < 1.29 is 14.6 Å². The fourth-order valence-corrected chi connectivity index (χ4v) is 3.36. The Morgan fingerprint density at radius 2 is 1.74 bits per heavy atom. The SMILES string of the molecule is COc1cccc(OC)c1C(O)c1cc(Cl)sc1Cl. The standard InChI is InChI=1S/C13H12Cl2O3S/c1-17-8-4-3-5-9(18-2)11(8)12(16)7-6-10(14)19-13(7)15/h3-6,12,16H,1-2H3. The molecule has 0 spiro atoms. The predicted octanol–water partition coefficient (Wildman–Crippen LogP) is 4.15. The van der Waals surface area contributed by atoms with Crippen molar-refractivity contribution in [2.24, 2.45) is 0 Å². The molecule has 3 nitrogen and oxygen atoms in total. The van der Waals surface area contributed by atoms with Crippen LogP contribution in [0.2, 0.25) is 8.67 Å². The molecule has 0 saturated carbocycles. The Bertz CT molecular complexity index is 561. The Kier molecular flexibility index (Phi) is 4.58. The Morgan fingerprint density at radius 3 is 2.16 bits per heavy atom. The third-order valence-electron chi connectivity index (χ3n) is 2.72. The quantitative estimate of drug-likeness (QED) is 0.920. The summed E-state index contributed by atoms with van der Waals surface area (Å²) in [5.74, 6) is 1.07. The molecule has 0 amide bonds. The van der Waals surface area contributed by atoms with E-state index in [2.05, 4.69) is 0 Å². The smallest absolute Gasteiger partial charge is 0.128 e. The third kappa shape index (κ3) is 2.82. The lowest BCUT2D eigenvalue weighted by molar-refractivity contribution is 0.209. The molecule has 1 unspecified atom stereocenters. The van der Waals surface area contributed by atoms with Gasteiger partial charge in [0.25, 0.3) is 0 Å². The number of aliphatic hydroxyl groups is 1. The molecule has 2 rings (SSSR count). The minimum absolute atomic E-state index is 0.449. The number of ether oxygens (including phenoxy) is 2. The van der Waals surface area contributed by atoms with Crippen molar-refractivity contribution in [1.82, 2.24) is 0 Å². The van der Waals surface area contributed by atoms with Crippen LogP contribution in [0.4, 0.5) is 0 Å². The maximum absolute atomic E-state index is 10.5. The second-order valence-corrected chi connectivity index (χ2v) is 6.04. The largest absolute Gasteiger partial charge is 0.496 e. The number of methoxy groups -OCH3 is 2. The van der Waals surface area contributed by atoms with Crippen LogP contribution >= 0.6 is 34.5 Å². The van der Waals surface area contributed by atoms with Crippen LogP contribution in [0.25, 0.3) is 0 Å². The van der Waals surface area contributed by atoms with E-state index in [0.29, 0.717) is 31.3 Å². The first kappa shape index (κ1) is 14.5. The molecule has 1 atom stereocenters. The number of benzene rings is 1. The van der Waals surface area contributed by atoms with E-state index < -0.39 is 6.10 Å². The Hall–Kier alpha value is -0.940. The number of hydrogen-bond donors (Lipinski definition) is 1. The van der Waals surface area contributed by atoms with E-state index in [1.165, 1.54) is 25.6 Å². The summed E-state index contributed by atoms with van der Waals surface area (Å²) >= 11 is 13.2. The first-order chi connectivity index (χ1) is 9.08. The molecule has 1 N–H and O–H groups in total. The summed E-state index contributed by atoms with van der Waals surface area (Å²) in [6.45, 7) is 0. The van der Waals surface area contributed by atoms with Crippen LogP contribution in [0.5, 0.6) is 11.5 Å².